The standard InChI is InChI=1S/C17H15ClO5/c1-10-7-12(8-11(2)16(10)18)22-9-15(19)23-14-6-4-3-5-13(14)17(20)21/h3-8H,9H2,1-2H3,(H,20,21). The van der Waals surface area contributed by atoms with Gasteiger partial charge in [0, 0.05) is 5.02 Å². The number of carbonyl (C=O) groups is 2. The quantitative estimate of drug-likeness (QED) is 0.667. The molecule has 2 aromatic rings. The number of ether oxygens (including phenoxy) is 2. The Morgan fingerprint density at radius 1 is 1.13 bits per heavy atom. The number of benzene rings is 2. The van der Waals surface area contributed by atoms with E-state index in [1.807, 2.05) is 13.8 Å². The molecule has 0 aliphatic carbocycles. The molecule has 0 saturated heterocycles. The van der Waals surface area contributed by atoms with Crippen LogP contribution >= 0.6 is 11.6 Å². The van der Waals surface area contributed by atoms with Crippen molar-refractivity contribution in [2.24, 2.45) is 0 Å². The van der Waals surface area contributed by atoms with Gasteiger partial charge in [-0.25, -0.2) is 9.59 Å². The van der Waals surface area contributed by atoms with Crippen molar-refractivity contribution >= 4 is 23.5 Å². The van der Waals surface area contributed by atoms with Gasteiger partial charge in [-0.05, 0) is 49.2 Å². The third-order valence-corrected chi connectivity index (χ3v) is 3.70. The Bertz CT molecular complexity index is 731. The Hall–Kier alpha value is -2.53. The number of carboxylic acids is 1. The van der Waals surface area contributed by atoms with E-state index in [4.69, 9.17) is 26.2 Å². The lowest BCUT2D eigenvalue weighted by atomic mass is 10.1. The summed E-state index contributed by atoms with van der Waals surface area (Å²) >= 11 is 6.06. The molecule has 0 aliphatic heterocycles. The molecule has 0 amide bonds. The third kappa shape index (κ3) is 4.23. The minimum atomic E-state index is -1.17. The van der Waals surface area contributed by atoms with Gasteiger partial charge in [0.1, 0.15) is 17.1 Å². The van der Waals surface area contributed by atoms with Crippen molar-refractivity contribution in [2.45, 2.75) is 13.8 Å². The Kier molecular flexibility index (Phi) is 5.24. The molecule has 2 rings (SSSR count). The van der Waals surface area contributed by atoms with Crippen LogP contribution in [0, 0.1) is 13.8 Å². The van der Waals surface area contributed by atoms with E-state index >= 15 is 0 Å². The summed E-state index contributed by atoms with van der Waals surface area (Å²) in [6.07, 6.45) is 0. The summed E-state index contributed by atoms with van der Waals surface area (Å²) in [6, 6.07) is 9.34. The van der Waals surface area contributed by atoms with Crippen LogP contribution in [-0.4, -0.2) is 23.7 Å². The number of halogens is 1. The van der Waals surface area contributed by atoms with Crippen LogP contribution in [0.2, 0.25) is 5.02 Å². The number of rotatable bonds is 5. The molecule has 0 spiro atoms. The molecule has 6 heteroatoms. The zero-order chi connectivity index (χ0) is 17.0. The van der Waals surface area contributed by atoms with Crippen molar-refractivity contribution in [3.63, 3.8) is 0 Å². The van der Waals surface area contributed by atoms with Crippen LogP contribution in [-0.2, 0) is 4.79 Å². The highest BCUT2D eigenvalue weighted by Crippen LogP contribution is 2.26. The van der Waals surface area contributed by atoms with Crippen LogP contribution in [0.5, 0.6) is 11.5 Å². The number of aryl methyl sites for hydroxylation is 2. The molecule has 0 radical (unpaired) electrons. The molecule has 0 bridgehead atoms. The molecular weight excluding hydrogens is 320 g/mol. The topological polar surface area (TPSA) is 72.8 Å². The van der Waals surface area contributed by atoms with Crippen molar-refractivity contribution < 1.29 is 24.2 Å². The van der Waals surface area contributed by atoms with Gasteiger partial charge in [-0.3, -0.25) is 0 Å². The zero-order valence-electron chi connectivity index (χ0n) is 12.6. The third-order valence-electron chi connectivity index (χ3n) is 3.11. The van der Waals surface area contributed by atoms with Gasteiger partial charge in [-0.15, -0.1) is 0 Å². The first-order chi connectivity index (χ1) is 10.9. The van der Waals surface area contributed by atoms with Gasteiger partial charge < -0.3 is 14.6 Å². The fourth-order valence-corrected chi connectivity index (χ4v) is 2.13. The Morgan fingerprint density at radius 2 is 1.74 bits per heavy atom. The van der Waals surface area contributed by atoms with Crippen LogP contribution in [0.1, 0.15) is 21.5 Å². The summed E-state index contributed by atoms with van der Waals surface area (Å²) in [7, 11) is 0. The Labute approximate surface area is 138 Å². The van der Waals surface area contributed by atoms with Gasteiger partial charge in [0.2, 0.25) is 0 Å². The van der Waals surface area contributed by atoms with E-state index in [0.717, 1.165) is 11.1 Å². The molecule has 5 nitrogen and oxygen atoms in total. The maximum Gasteiger partial charge on any atom is 0.349 e. The fourth-order valence-electron chi connectivity index (χ4n) is 2.02. The largest absolute Gasteiger partial charge is 0.482 e. The second kappa shape index (κ2) is 7.15. The van der Waals surface area contributed by atoms with Gasteiger partial charge >= 0.3 is 11.9 Å². The van der Waals surface area contributed by atoms with Crippen molar-refractivity contribution in [2.75, 3.05) is 6.61 Å². The minimum Gasteiger partial charge on any atom is -0.482 e. The molecule has 0 aliphatic rings. The van der Waals surface area contributed by atoms with Gasteiger partial charge in [-0.1, -0.05) is 23.7 Å². The molecule has 2 aromatic carbocycles. The number of carbonyl (C=O) groups excluding carboxylic acids is 1. The molecule has 120 valence electrons. The highest BCUT2D eigenvalue weighted by atomic mass is 35.5. The van der Waals surface area contributed by atoms with Crippen LogP contribution in [0.3, 0.4) is 0 Å². The first kappa shape index (κ1) is 16.8. The summed E-state index contributed by atoms with van der Waals surface area (Å²) < 4.78 is 10.4. The smallest absolute Gasteiger partial charge is 0.349 e. The van der Waals surface area contributed by atoms with Gasteiger partial charge in [0.25, 0.3) is 0 Å². The van der Waals surface area contributed by atoms with Crippen LogP contribution in [0.25, 0.3) is 0 Å². The Balaban J connectivity index is 2.03. The maximum absolute atomic E-state index is 11.8. The lowest BCUT2D eigenvalue weighted by Gasteiger charge is -2.10. The average Bonchev–Trinajstić information content (AvgIpc) is 2.50. The summed E-state index contributed by atoms with van der Waals surface area (Å²) in [5.74, 6) is -1.38. The summed E-state index contributed by atoms with van der Waals surface area (Å²) in [4.78, 5) is 22.9. The highest BCUT2D eigenvalue weighted by molar-refractivity contribution is 6.32. The minimum absolute atomic E-state index is 0.0166. The number of para-hydroxylation sites is 1. The first-order valence-corrected chi connectivity index (χ1v) is 7.19. The van der Waals surface area contributed by atoms with Gasteiger partial charge in [0.15, 0.2) is 6.61 Å². The van der Waals surface area contributed by atoms with E-state index in [1.165, 1.54) is 12.1 Å². The van der Waals surface area contributed by atoms with E-state index in [-0.39, 0.29) is 17.9 Å². The average molecular weight is 335 g/mol. The number of carboxylic acid groups (broad SMARTS) is 1. The van der Waals surface area contributed by atoms with Crippen LogP contribution < -0.4 is 9.47 Å². The fraction of sp³-hybridized carbons (Fsp3) is 0.176. The number of hydrogen-bond donors (Lipinski definition) is 1. The van der Waals surface area contributed by atoms with E-state index in [2.05, 4.69) is 0 Å². The lowest BCUT2D eigenvalue weighted by molar-refractivity contribution is -0.136. The SMILES string of the molecule is Cc1cc(OCC(=O)Oc2ccccc2C(=O)O)cc(C)c1Cl. The summed E-state index contributed by atoms with van der Waals surface area (Å²) in [5.41, 5.74) is 1.59. The van der Waals surface area contributed by atoms with Gasteiger partial charge in [-0.2, -0.15) is 0 Å². The van der Waals surface area contributed by atoms with Crippen molar-refractivity contribution in [3.8, 4) is 11.5 Å². The molecule has 0 aromatic heterocycles. The van der Waals surface area contributed by atoms with E-state index in [0.29, 0.717) is 10.8 Å². The summed E-state index contributed by atoms with van der Waals surface area (Å²) in [6.45, 7) is 3.34. The zero-order valence-corrected chi connectivity index (χ0v) is 13.4. The predicted molar refractivity (Wildman–Crippen MR) is 85.5 cm³/mol. The Morgan fingerprint density at radius 3 is 2.35 bits per heavy atom. The number of aromatic carboxylic acids is 1. The van der Waals surface area contributed by atoms with E-state index in [9.17, 15) is 9.59 Å². The van der Waals surface area contributed by atoms with Crippen molar-refractivity contribution in [3.05, 3.63) is 58.1 Å². The monoisotopic (exact) mass is 334 g/mol. The summed E-state index contributed by atoms with van der Waals surface area (Å²) in [5, 5.41) is 9.69. The predicted octanol–water partition coefficient (Wildman–Crippen LogP) is 3.64. The van der Waals surface area contributed by atoms with Crippen LogP contribution in [0.4, 0.5) is 0 Å². The molecule has 0 heterocycles. The van der Waals surface area contributed by atoms with E-state index in [1.54, 1.807) is 24.3 Å². The molecule has 0 atom stereocenters. The molecule has 23 heavy (non-hydrogen) atoms. The lowest BCUT2D eigenvalue weighted by Crippen LogP contribution is -2.19. The molecule has 0 saturated carbocycles. The van der Waals surface area contributed by atoms with Crippen molar-refractivity contribution in [1.29, 1.82) is 0 Å². The highest BCUT2D eigenvalue weighted by Gasteiger charge is 2.14. The second-order valence-electron chi connectivity index (χ2n) is 4.94. The second-order valence-corrected chi connectivity index (χ2v) is 5.31. The molecular formula is C17H15ClO5. The van der Waals surface area contributed by atoms with E-state index < -0.39 is 11.9 Å². The van der Waals surface area contributed by atoms with Crippen molar-refractivity contribution in [1.82, 2.24) is 0 Å². The van der Waals surface area contributed by atoms with Gasteiger partial charge in [0.05, 0.1) is 0 Å². The number of hydrogen-bond acceptors (Lipinski definition) is 4. The molecule has 0 fully saturated rings. The molecule has 1 N–H and O–H groups in total. The number of esters is 1. The molecule has 0 unspecified atom stereocenters. The normalized spacial score (nSPS) is 10.2. The maximum atomic E-state index is 11.8. The van der Waals surface area contributed by atoms with Crippen LogP contribution in [0.15, 0.2) is 36.4 Å². The first-order valence-electron chi connectivity index (χ1n) is 6.81.